The molecule has 0 spiro atoms. The third-order valence-corrected chi connectivity index (χ3v) is 4.37. The van der Waals surface area contributed by atoms with Crippen molar-refractivity contribution >= 4 is 17.4 Å². The fourth-order valence-corrected chi connectivity index (χ4v) is 2.67. The highest BCUT2D eigenvalue weighted by atomic mass is 16.2. The van der Waals surface area contributed by atoms with Crippen LogP contribution >= 0.6 is 0 Å². The second kappa shape index (κ2) is 6.43. The molecule has 0 bridgehead atoms. The normalized spacial score (nSPS) is 19.1. The topological polar surface area (TPSA) is 57.3 Å². The van der Waals surface area contributed by atoms with Crippen molar-refractivity contribution in [2.75, 3.05) is 37.4 Å². The zero-order valence-electron chi connectivity index (χ0n) is 13.4. The maximum absolute atomic E-state index is 12.6. The van der Waals surface area contributed by atoms with E-state index < -0.39 is 0 Å². The molecule has 1 atom stereocenters. The Morgan fingerprint density at radius 2 is 2.19 bits per heavy atom. The molecule has 5 heteroatoms. The summed E-state index contributed by atoms with van der Waals surface area (Å²) in [6, 6.07) is 3.81. The highest BCUT2D eigenvalue weighted by Gasteiger charge is 2.37. The minimum absolute atomic E-state index is 0.0654. The summed E-state index contributed by atoms with van der Waals surface area (Å²) >= 11 is 0. The molecule has 2 heterocycles. The number of carbonyl (C=O) groups is 1. The maximum atomic E-state index is 12.6. The molecule has 2 N–H and O–H groups in total. The van der Waals surface area contributed by atoms with Gasteiger partial charge in [-0.15, -0.1) is 0 Å². The molecule has 0 aliphatic carbocycles. The van der Waals surface area contributed by atoms with Crippen LogP contribution in [0.5, 0.6) is 0 Å². The molecule has 1 aromatic rings. The summed E-state index contributed by atoms with van der Waals surface area (Å²) in [5, 5.41) is 6.38. The number of hydrogen-bond donors (Lipinski definition) is 2. The Labute approximate surface area is 127 Å². The molecule has 1 aliphatic rings. The predicted octanol–water partition coefficient (Wildman–Crippen LogP) is 2.11. The average Bonchev–Trinajstić information content (AvgIpc) is 2.48. The first-order valence-electron chi connectivity index (χ1n) is 7.57. The van der Waals surface area contributed by atoms with Crippen LogP contribution in [-0.4, -0.2) is 38.1 Å². The number of rotatable bonds is 4. The Kier molecular flexibility index (Phi) is 4.83. The lowest BCUT2D eigenvalue weighted by atomic mass is 9.74. The van der Waals surface area contributed by atoms with E-state index in [4.69, 9.17) is 0 Å². The minimum atomic E-state index is -0.381. The fourth-order valence-electron chi connectivity index (χ4n) is 2.67. The van der Waals surface area contributed by atoms with Crippen LogP contribution in [0.4, 0.5) is 11.5 Å². The zero-order valence-corrected chi connectivity index (χ0v) is 13.4. The number of anilines is 2. The second-order valence-electron chi connectivity index (χ2n) is 6.52. The number of aromatic nitrogens is 1. The number of nitrogens with zero attached hydrogens (tertiary/aromatic N) is 2. The summed E-state index contributed by atoms with van der Waals surface area (Å²) in [6.07, 6.45) is 3.95. The molecule has 1 aliphatic heterocycles. The van der Waals surface area contributed by atoms with Crippen molar-refractivity contribution in [2.24, 2.45) is 11.3 Å². The number of pyridine rings is 1. The van der Waals surface area contributed by atoms with E-state index in [0.717, 1.165) is 37.4 Å². The Morgan fingerprint density at radius 3 is 2.71 bits per heavy atom. The van der Waals surface area contributed by atoms with Crippen LogP contribution in [-0.2, 0) is 4.79 Å². The number of carbonyl (C=O) groups excluding carboxylic acids is 1. The standard InChI is InChI=1S/C16H26N4O/c1-16(2,12-6-5-9-17-10-12)15(21)19-13-7-8-14(18-11-13)20(3)4/h7-8,11-12,17H,5-6,9-10H2,1-4H3,(H,19,21). The molecule has 5 nitrogen and oxygen atoms in total. The molecule has 1 amide bonds. The van der Waals surface area contributed by atoms with E-state index in [0.29, 0.717) is 5.92 Å². The molecule has 0 radical (unpaired) electrons. The van der Waals surface area contributed by atoms with Crippen molar-refractivity contribution in [3.05, 3.63) is 18.3 Å². The Bertz CT molecular complexity index is 476. The van der Waals surface area contributed by atoms with Crippen LogP contribution in [0, 0.1) is 11.3 Å². The van der Waals surface area contributed by atoms with E-state index in [1.807, 2.05) is 45.0 Å². The van der Waals surface area contributed by atoms with Gasteiger partial charge in [0.1, 0.15) is 5.82 Å². The molecule has 21 heavy (non-hydrogen) atoms. The van der Waals surface area contributed by atoms with Gasteiger partial charge in [-0.05, 0) is 44.0 Å². The summed E-state index contributed by atoms with van der Waals surface area (Å²) in [4.78, 5) is 18.8. The largest absolute Gasteiger partial charge is 0.363 e. The van der Waals surface area contributed by atoms with Crippen LogP contribution in [0.25, 0.3) is 0 Å². The van der Waals surface area contributed by atoms with Crippen molar-refractivity contribution in [2.45, 2.75) is 26.7 Å². The molecule has 116 valence electrons. The average molecular weight is 290 g/mol. The van der Waals surface area contributed by atoms with E-state index >= 15 is 0 Å². The zero-order chi connectivity index (χ0) is 15.5. The third kappa shape index (κ3) is 3.73. The lowest BCUT2D eigenvalue weighted by Crippen LogP contribution is -2.44. The van der Waals surface area contributed by atoms with Gasteiger partial charge in [0.2, 0.25) is 5.91 Å². The lowest BCUT2D eigenvalue weighted by Gasteiger charge is -2.36. The van der Waals surface area contributed by atoms with E-state index in [1.54, 1.807) is 6.20 Å². The lowest BCUT2D eigenvalue weighted by molar-refractivity contribution is -0.127. The van der Waals surface area contributed by atoms with Gasteiger partial charge in [0, 0.05) is 19.5 Å². The molecule has 2 rings (SSSR count). The molecular weight excluding hydrogens is 264 g/mol. The van der Waals surface area contributed by atoms with Crippen LogP contribution in [0.2, 0.25) is 0 Å². The Balaban J connectivity index is 2.02. The van der Waals surface area contributed by atoms with E-state index in [9.17, 15) is 4.79 Å². The van der Waals surface area contributed by atoms with E-state index in [1.165, 1.54) is 0 Å². The molecule has 1 fully saturated rings. The predicted molar refractivity (Wildman–Crippen MR) is 86.6 cm³/mol. The highest BCUT2D eigenvalue weighted by Crippen LogP contribution is 2.33. The molecule has 0 aromatic carbocycles. The van der Waals surface area contributed by atoms with Crippen molar-refractivity contribution in [3.63, 3.8) is 0 Å². The van der Waals surface area contributed by atoms with Gasteiger partial charge in [0.15, 0.2) is 0 Å². The smallest absolute Gasteiger partial charge is 0.230 e. The first kappa shape index (κ1) is 15.8. The highest BCUT2D eigenvalue weighted by molar-refractivity contribution is 5.95. The summed E-state index contributed by atoms with van der Waals surface area (Å²) in [5.41, 5.74) is 0.371. The van der Waals surface area contributed by atoms with Crippen LogP contribution in [0.3, 0.4) is 0 Å². The first-order valence-corrected chi connectivity index (χ1v) is 7.57. The summed E-state index contributed by atoms with van der Waals surface area (Å²) in [6.45, 7) is 6.03. The SMILES string of the molecule is CN(C)c1ccc(NC(=O)C(C)(C)C2CCCNC2)cn1. The van der Waals surface area contributed by atoms with Crippen molar-refractivity contribution in [1.82, 2.24) is 10.3 Å². The van der Waals surface area contributed by atoms with E-state index in [2.05, 4.69) is 15.6 Å². The summed E-state index contributed by atoms with van der Waals surface area (Å²) in [5.74, 6) is 1.32. The fraction of sp³-hybridized carbons (Fsp3) is 0.625. The van der Waals surface area contributed by atoms with Gasteiger partial charge in [-0.25, -0.2) is 4.98 Å². The molecule has 1 unspecified atom stereocenters. The quantitative estimate of drug-likeness (QED) is 0.892. The van der Waals surface area contributed by atoms with Crippen LogP contribution in [0.1, 0.15) is 26.7 Å². The van der Waals surface area contributed by atoms with Gasteiger partial charge in [-0.2, -0.15) is 0 Å². The van der Waals surface area contributed by atoms with Crippen LogP contribution < -0.4 is 15.5 Å². The van der Waals surface area contributed by atoms with Gasteiger partial charge in [0.05, 0.1) is 11.9 Å². The monoisotopic (exact) mass is 290 g/mol. The van der Waals surface area contributed by atoms with Crippen molar-refractivity contribution < 1.29 is 4.79 Å². The number of piperidine rings is 1. The summed E-state index contributed by atoms with van der Waals surface area (Å²) in [7, 11) is 3.89. The molecular formula is C16H26N4O. The molecule has 1 saturated heterocycles. The Morgan fingerprint density at radius 1 is 1.43 bits per heavy atom. The third-order valence-electron chi connectivity index (χ3n) is 4.37. The molecule has 0 saturated carbocycles. The number of amides is 1. The van der Waals surface area contributed by atoms with Crippen molar-refractivity contribution in [1.29, 1.82) is 0 Å². The van der Waals surface area contributed by atoms with Gasteiger partial charge in [0.25, 0.3) is 0 Å². The minimum Gasteiger partial charge on any atom is -0.363 e. The first-order chi connectivity index (χ1) is 9.91. The molecule has 1 aromatic heterocycles. The Hall–Kier alpha value is -1.62. The maximum Gasteiger partial charge on any atom is 0.230 e. The van der Waals surface area contributed by atoms with E-state index in [-0.39, 0.29) is 11.3 Å². The number of hydrogen-bond acceptors (Lipinski definition) is 4. The van der Waals surface area contributed by atoms with Crippen LogP contribution in [0.15, 0.2) is 18.3 Å². The van der Waals surface area contributed by atoms with Gasteiger partial charge in [-0.3, -0.25) is 4.79 Å². The number of nitrogens with one attached hydrogen (secondary N) is 2. The van der Waals surface area contributed by atoms with Gasteiger partial charge >= 0.3 is 0 Å². The van der Waals surface area contributed by atoms with Crippen molar-refractivity contribution in [3.8, 4) is 0 Å². The van der Waals surface area contributed by atoms with Gasteiger partial charge in [-0.1, -0.05) is 13.8 Å². The summed E-state index contributed by atoms with van der Waals surface area (Å²) < 4.78 is 0. The van der Waals surface area contributed by atoms with Gasteiger partial charge < -0.3 is 15.5 Å². The second-order valence-corrected chi connectivity index (χ2v) is 6.52.